The molecule has 0 radical (unpaired) electrons. The van der Waals surface area contributed by atoms with E-state index in [1.807, 2.05) is 0 Å². The van der Waals surface area contributed by atoms with Crippen LogP contribution in [0, 0.1) is 0 Å². The van der Waals surface area contributed by atoms with Gasteiger partial charge in [0, 0.05) is 28.9 Å². The van der Waals surface area contributed by atoms with E-state index in [-0.39, 0.29) is 12.5 Å². The molecule has 0 spiro atoms. The summed E-state index contributed by atoms with van der Waals surface area (Å²) in [5, 5.41) is 16.2. The van der Waals surface area contributed by atoms with Gasteiger partial charge in [-0.25, -0.2) is 4.98 Å². The molecule has 106 valence electrons. The van der Waals surface area contributed by atoms with Crippen molar-refractivity contribution in [2.45, 2.75) is 31.8 Å². The lowest BCUT2D eigenvalue weighted by Gasteiger charge is -2.21. The molecule has 4 nitrogen and oxygen atoms in total. The SMILES string of the molecule is O=C(O)CC1CCCN1Cc1csc(-c2ccsc2)n1. The average Bonchev–Trinajstić information content (AvgIpc) is 3.11. The highest BCUT2D eigenvalue weighted by Crippen LogP contribution is 2.28. The van der Waals surface area contributed by atoms with Crippen LogP contribution in [0.25, 0.3) is 10.6 Å². The zero-order valence-corrected chi connectivity index (χ0v) is 12.6. The van der Waals surface area contributed by atoms with Crippen LogP contribution in [0.4, 0.5) is 0 Å². The van der Waals surface area contributed by atoms with Crippen molar-refractivity contribution >= 4 is 28.6 Å². The number of carboxylic acids is 1. The Kier molecular flexibility index (Phi) is 4.14. The first-order valence-electron chi connectivity index (χ1n) is 6.65. The molecule has 1 aliphatic rings. The minimum Gasteiger partial charge on any atom is -0.481 e. The number of carbonyl (C=O) groups is 1. The third-order valence-corrected chi connectivity index (χ3v) is 5.22. The van der Waals surface area contributed by atoms with Gasteiger partial charge in [-0.1, -0.05) is 0 Å². The second-order valence-corrected chi connectivity index (χ2v) is 6.66. The van der Waals surface area contributed by atoms with Crippen LogP contribution in [0.15, 0.2) is 22.2 Å². The van der Waals surface area contributed by atoms with Crippen molar-refractivity contribution in [1.82, 2.24) is 9.88 Å². The van der Waals surface area contributed by atoms with Crippen LogP contribution in [-0.2, 0) is 11.3 Å². The zero-order chi connectivity index (χ0) is 13.9. The molecule has 1 unspecified atom stereocenters. The Bertz CT molecular complexity index is 580. The molecule has 1 fully saturated rings. The van der Waals surface area contributed by atoms with Crippen molar-refractivity contribution in [3.05, 3.63) is 27.9 Å². The van der Waals surface area contributed by atoms with Crippen molar-refractivity contribution in [3.8, 4) is 10.6 Å². The molecular weight excluding hydrogens is 292 g/mol. The number of hydrogen-bond donors (Lipinski definition) is 1. The monoisotopic (exact) mass is 308 g/mol. The molecule has 2 aromatic rings. The lowest BCUT2D eigenvalue weighted by Crippen LogP contribution is -2.30. The number of thiophene rings is 1. The number of hydrogen-bond acceptors (Lipinski definition) is 5. The van der Waals surface area contributed by atoms with Crippen molar-refractivity contribution in [2.24, 2.45) is 0 Å². The number of thiazole rings is 1. The van der Waals surface area contributed by atoms with Gasteiger partial charge >= 0.3 is 5.97 Å². The van der Waals surface area contributed by atoms with E-state index in [1.165, 1.54) is 5.56 Å². The predicted molar refractivity (Wildman–Crippen MR) is 81.1 cm³/mol. The summed E-state index contributed by atoms with van der Waals surface area (Å²) in [6.45, 7) is 1.74. The topological polar surface area (TPSA) is 53.4 Å². The summed E-state index contributed by atoms with van der Waals surface area (Å²) in [6.07, 6.45) is 2.30. The standard InChI is InChI=1S/C14H16N2O2S2/c17-13(18)6-12-2-1-4-16(12)7-11-9-20-14(15-11)10-3-5-19-8-10/h3,5,8-9,12H,1-2,4,6-7H2,(H,17,18). The van der Waals surface area contributed by atoms with Crippen molar-refractivity contribution < 1.29 is 9.90 Å². The maximum atomic E-state index is 10.9. The van der Waals surface area contributed by atoms with E-state index in [9.17, 15) is 4.79 Å². The minimum absolute atomic E-state index is 0.166. The first kappa shape index (κ1) is 13.7. The summed E-state index contributed by atoms with van der Waals surface area (Å²) in [6, 6.07) is 2.25. The van der Waals surface area contributed by atoms with E-state index < -0.39 is 5.97 Å². The quantitative estimate of drug-likeness (QED) is 0.920. The van der Waals surface area contributed by atoms with Gasteiger partial charge in [-0.05, 0) is 30.8 Å². The number of rotatable bonds is 5. The van der Waals surface area contributed by atoms with Crippen LogP contribution in [0.5, 0.6) is 0 Å². The number of aromatic nitrogens is 1. The van der Waals surface area contributed by atoms with Crippen LogP contribution in [0.3, 0.4) is 0 Å². The molecule has 1 atom stereocenters. The Morgan fingerprint density at radius 1 is 1.50 bits per heavy atom. The molecular formula is C14H16N2O2S2. The Hall–Kier alpha value is -1.24. The number of likely N-dealkylation sites (tertiary alicyclic amines) is 1. The fourth-order valence-electron chi connectivity index (χ4n) is 2.64. The molecule has 3 heterocycles. The third kappa shape index (κ3) is 3.08. The summed E-state index contributed by atoms with van der Waals surface area (Å²) in [5.74, 6) is -0.709. The van der Waals surface area contributed by atoms with Crippen LogP contribution in [0.1, 0.15) is 25.0 Å². The maximum absolute atomic E-state index is 10.9. The Morgan fingerprint density at radius 2 is 2.40 bits per heavy atom. The molecule has 0 saturated carbocycles. The third-order valence-electron chi connectivity index (χ3n) is 3.59. The lowest BCUT2D eigenvalue weighted by molar-refractivity contribution is -0.138. The Morgan fingerprint density at radius 3 is 3.15 bits per heavy atom. The van der Waals surface area contributed by atoms with E-state index in [1.54, 1.807) is 22.7 Å². The van der Waals surface area contributed by atoms with E-state index in [0.29, 0.717) is 0 Å². The molecule has 1 N–H and O–H groups in total. The number of aliphatic carboxylic acids is 1. The van der Waals surface area contributed by atoms with Gasteiger partial charge in [0.05, 0.1) is 12.1 Å². The summed E-state index contributed by atoms with van der Waals surface area (Å²) in [5.41, 5.74) is 2.23. The fraction of sp³-hybridized carbons (Fsp3) is 0.429. The van der Waals surface area contributed by atoms with Crippen LogP contribution in [0.2, 0.25) is 0 Å². The molecule has 6 heteroatoms. The highest BCUT2D eigenvalue weighted by molar-refractivity contribution is 7.14. The van der Waals surface area contributed by atoms with E-state index in [2.05, 4.69) is 32.1 Å². The molecule has 2 aromatic heterocycles. The summed E-state index contributed by atoms with van der Waals surface area (Å²) >= 11 is 3.33. The average molecular weight is 308 g/mol. The van der Waals surface area contributed by atoms with Gasteiger partial charge in [0.1, 0.15) is 5.01 Å². The van der Waals surface area contributed by atoms with Gasteiger partial charge in [0.2, 0.25) is 0 Å². The number of nitrogens with zero attached hydrogens (tertiary/aromatic N) is 2. The second-order valence-electron chi connectivity index (χ2n) is 5.02. The first-order valence-corrected chi connectivity index (χ1v) is 8.47. The van der Waals surface area contributed by atoms with E-state index in [0.717, 1.165) is 36.6 Å². The van der Waals surface area contributed by atoms with Crippen molar-refractivity contribution in [1.29, 1.82) is 0 Å². The fourth-order valence-corrected chi connectivity index (χ4v) is 4.17. The molecule has 0 bridgehead atoms. The Balaban J connectivity index is 1.67. The lowest BCUT2D eigenvalue weighted by atomic mass is 10.1. The maximum Gasteiger partial charge on any atom is 0.304 e. The second kappa shape index (κ2) is 6.03. The molecule has 0 aromatic carbocycles. The van der Waals surface area contributed by atoms with Gasteiger partial charge in [0.15, 0.2) is 0 Å². The zero-order valence-electron chi connectivity index (χ0n) is 11.0. The largest absolute Gasteiger partial charge is 0.481 e. The van der Waals surface area contributed by atoms with Crippen molar-refractivity contribution in [2.75, 3.05) is 6.54 Å². The predicted octanol–water partition coefficient (Wildman–Crippen LogP) is 3.31. The van der Waals surface area contributed by atoms with Gasteiger partial charge in [-0.2, -0.15) is 11.3 Å². The van der Waals surface area contributed by atoms with Crippen LogP contribution in [-0.4, -0.2) is 33.5 Å². The molecule has 0 aliphatic carbocycles. The normalized spacial score (nSPS) is 19.5. The Labute approximate surface area is 125 Å². The highest BCUT2D eigenvalue weighted by atomic mass is 32.1. The van der Waals surface area contributed by atoms with Gasteiger partial charge in [-0.15, -0.1) is 11.3 Å². The molecule has 3 rings (SSSR count). The number of carboxylic acid groups (broad SMARTS) is 1. The molecule has 0 amide bonds. The minimum atomic E-state index is -0.709. The highest BCUT2D eigenvalue weighted by Gasteiger charge is 2.27. The van der Waals surface area contributed by atoms with E-state index in [4.69, 9.17) is 5.11 Å². The summed E-state index contributed by atoms with van der Waals surface area (Å²) in [7, 11) is 0. The first-order chi connectivity index (χ1) is 9.72. The van der Waals surface area contributed by atoms with E-state index >= 15 is 0 Å². The van der Waals surface area contributed by atoms with Gasteiger partial charge < -0.3 is 5.11 Å². The molecule has 20 heavy (non-hydrogen) atoms. The van der Waals surface area contributed by atoms with Crippen LogP contribution < -0.4 is 0 Å². The summed E-state index contributed by atoms with van der Waals surface area (Å²) in [4.78, 5) is 17.8. The molecule has 1 saturated heterocycles. The van der Waals surface area contributed by atoms with Crippen molar-refractivity contribution in [3.63, 3.8) is 0 Å². The smallest absolute Gasteiger partial charge is 0.304 e. The van der Waals surface area contributed by atoms with Gasteiger partial charge in [-0.3, -0.25) is 9.69 Å². The molecule has 1 aliphatic heterocycles. The summed E-state index contributed by atoms with van der Waals surface area (Å²) < 4.78 is 0. The van der Waals surface area contributed by atoms with Gasteiger partial charge in [0.25, 0.3) is 0 Å². The van der Waals surface area contributed by atoms with Crippen LogP contribution >= 0.6 is 22.7 Å².